The third kappa shape index (κ3) is 2.04. The van der Waals surface area contributed by atoms with Gasteiger partial charge in [-0.15, -0.1) is 0 Å². The number of carbonyl (C=O) groups excluding carboxylic acids is 1. The third-order valence-corrected chi connectivity index (χ3v) is 3.68. The largest absolute Gasteiger partial charge is 0.446 e. The number of nitrogens with two attached hydrogens (primary N) is 1. The topological polar surface area (TPSA) is 64.3 Å². The second-order valence-corrected chi connectivity index (χ2v) is 5.36. The van der Waals surface area contributed by atoms with Gasteiger partial charge < -0.3 is 10.5 Å². The van der Waals surface area contributed by atoms with Crippen molar-refractivity contribution in [2.45, 2.75) is 19.4 Å². The molecule has 0 aliphatic carbocycles. The summed E-state index contributed by atoms with van der Waals surface area (Å²) in [4.78, 5) is 11.4. The molecular formula is C10H10Br2N2O2. The van der Waals surface area contributed by atoms with Crippen LogP contribution >= 0.6 is 31.9 Å². The number of hydrogen-bond acceptors (Lipinski definition) is 3. The van der Waals surface area contributed by atoms with Crippen LogP contribution in [-0.4, -0.2) is 12.2 Å². The summed E-state index contributed by atoms with van der Waals surface area (Å²) in [6.07, 6.45) is -0.0452. The van der Waals surface area contributed by atoms with Crippen molar-refractivity contribution in [3.63, 3.8) is 0 Å². The van der Waals surface area contributed by atoms with Crippen LogP contribution in [0.2, 0.25) is 0 Å². The highest BCUT2D eigenvalue weighted by atomic mass is 79.9. The summed E-state index contributed by atoms with van der Waals surface area (Å²) in [5, 5.41) is 2.68. The maximum atomic E-state index is 11.4. The molecule has 0 bridgehead atoms. The molecule has 0 saturated carbocycles. The van der Waals surface area contributed by atoms with Crippen LogP contribution in [0.1, 0.15) is 12.5 Å². The van der Waals surface area contributed by atoms with Crippen molar-refractivity contribution in [2.24, 2.45) is 0 Å². The molecule has 0 fully saturated rings. The van der Waals surface area contributed by atoms with E-state index >= 15 is 0 Å². The molecule has 0 saturated heterocycles. The Kier molecular flexibility index (Phi) is 3.12. The van der Waals surface area contributed by atoms with Gasteiger partial charge in [-0.25, -0.2) is 4.79 Å². The van der Waals surface area contributed by atoms with Gasteiger partial charge in [-0.05, 0) is 44.8 Å². The highest BCUT2D eigenvalue weighted by molar-refractivity contribution is 9.11. The summed E-state index contributed by atoms with van der Waals surface area (Å²) >= 11 is 6.77. The maximum absolute atomic E-state index is 11.4. The van der Waals surface area contributed by atoms with Gasteiger partial charge in [0.15, 0.2) is 0 Å². The molecule has 16 heavy (non-hydrogen) atoms. The van der Waals surface area contributed by atoms with Crippen LogP contribution in [0.5, 0.6) is 0 Å². The fraction of sp³-hybridized carbons (Fsp3) is 0.300. The monoisotopic (exact) mass is 348 g/mol. The van der Waals surface area contributed by atoms with Gasteiger partial charge in [-0.3, -0.25) is 5.32 Å². The predicted molar refractivity (Wildman–Crippen MR) is 69.5 cm³/mol. The number of ether oxygens (including phenoxy) is 1. The minimum atomic E-state index is -0.450. The summed E-state index contributed by atoms with van der Waals surface area (Å²) in [6, 6.07) is 1.81. The van der Waals surface area contributed by atoms with Crippen LogP contribution in [0, 0.1) is 0 Å². The van der Waals surface area contributed by atoms with E-state index < -0.39 is 6.09 Å². The van der Waals surface area contributed by atoms with Crippen LogP contribution in [0.4, 0.5) is 16.2 Å². The highest BCUT2D eigenvalue weighted by Crippen LogP contribution is 2.38. The molecular weight excluding hydrogens is 340 g/mol. The van der Waals surface area contributed by atoms with Gasteiger partial charge in [-0.1, -0.05) is 0 Å². The first-order chi connectivity index (χ1) is 7.49. The Hall–Kier alpha value is -0.750. The van der Waals surface area contributed by atoms with Gasteiger partial charge in [0.1, 0.15) is 6.10 Å². The standard InChI is InChI=1S/C10H10Br2N2O2/c1-4-2-5-8(13)6(11)3-7(12)9(5)14-10(15)16-4/h3-4H,2,13H2,1H3,(H,14,15). The Balaban J connectivity index is 2.60. The first kappa shape index (κ1) is 11.7. The van der Waals surface area contributed by atoms with Gasteiger partial charge in [0.05, 0.1) is 11.4 Å². The fourth-order valence-corrected chi connectivity index (χ4v) is 3.02. The first-order valence-electron chi connectivity index (χ1n) is 4.73. The zero-order chi connectivity index (χ0) is 11.9. The molecule has 1 aromatic carbocycles. The van der Waals surface area contributed by atoms with E-state index in [-0.39, 0.29) is 6.10 Å². The molecule has 1 unspecified atom stereocenters. The fourth-order valence-electron chi connectivity index (χ4n) is 1.67. The molecule has 2 rings (SSSR count). The van der Waals surface area contributed by atoms with Crippen LogP contribution in [0.25, 0.3) is 0 Å². The van der Waals surface area contributed by atoms with E-state index in [0.717, 1.165) is 14.5 Å². The summed E-state index contributed by atoms with van der Waals surface area (Å²) in [6.45, 7) is 1.84. The van der Waals surface area contributed by atoms with Crippen molar-refractivity contribution >= 4 is 49.3 Å². The third-order valence-electron chi connectivity index (χ3n) is 2.40. The van der Waals surface area contributed by atoms with E-state index in [1.54, 1.807) is 0 Å². The number of carbonyl (C=O) groups is 1. The molecule has 0 radical (unpaired) electrons. The van der Waals surface area contributed by atoms with E-state index in [1.807, 2.05) is 13.0 Å². The van der Waals surface area contributed by atoms with Gasteiger partial charge >= 0.3 is 6.09 Å². The molecule has 3 N–H and O–H groups in total. The van der Waals surface area contributed by atoms with Crippen LogP contribution in [-0.2, 0) is 11.2 Å². The number of nitrogen functional groups attached to an aromatic ring is 1. The number of halogens is 2. The van der Waals surface area contributed by atoms with Crippen molar-refractivity contribution in [2.75, 3.05) is 11.1 Å². The van der Waals surface area contributed by atoms with Gasteiger partial charge in [0, 0.05) is 20.9 Å². The molecule has 0 aromatic heterocycles. The molecule has 1 aliphatic rings. The van der Waals surface area contributed by atoms with E-state index in [2.05, 4.69) is 37.2 Å². The van der Waals surface area contributed by atoms with E-state index in [0.29, 0.717) is 17.8 Å². The lowest BCUT2D eigenvalue weighted by molar-refractivity contribution is 0.123. The molecule has 1 heterocycles. The first-order valence-corrected chi connectivity index (χ1v) is 6.31. The van der Waals surface area contributed by atoms with E-state index in [1.165, 1.54) is 0 Å². The lowest BCUT2D eigenvalue weighted by atomic mass is 10.0. The molecule has 1 aromatic rings. The van der Waals surface area contributed by atoms with Gasteiger partial charge in [0.25, 0.3) is 0 Å². The number of rotatable bonds is 0. The summed E-state index contributed by atoms with van der Waals surface area (Å²) in [5.41, 5.74) is 8.19. The lowest BCUT2D eigenvalue weighted by Crippen LogP contribution is -2.17. The minimum Gasteiger partial charge on any atom is -0.446 e. The van der Waals surface area contributed by atoms with E-state index in [4.69, 9.17) is 10.5 Å². The normalized spacial score (nSPS) is 19.4. The second kappa shape index (κ2) is 4.25. The Morgan fingerprint density at radius 3 is 2.88 bits per heavy atom. The summed E-state index contributed by atoms with van der Waals surface area (Å²) in [5.74, 6) is 0. The van der Waals surface area contributed by atoms with E-state index in [9.17, 15) is 4.79 Å². The van der Waals surface area contributed by atoms with Crippen molar-refractivity contribution in [1.82, 2.24) is 0 Å². The Labute approximate surface area is 110 Å². The van der Waals surface area contributed by atoms with Crippen LogP contribution < -0.4 is 11.1 Å². The SMILES string of the molecule is CC1Cc2c(N)c(Br)cc(Br)c2NC(=O)O1. The van der Waals surface area contributed by atoms with Crippen molar-refractivity contribution in [1.29, 1.82) is 0 Å². The number of hydrogen-bond donors (Lipinski definition) is 2. The van der Waals surface area contributed by atoms with Crippen LogP contribution in [0.3, 0.4) is 0 Å². The van der Waals surface area contributed by atoms with Crippen LogP contribution in [0.15, 0.2) is 15.0 Å². The number of fused-ring (bicyclic) bond motifs is 1. The van der Waals surface area contributed by atoms with Crippen molar-refractivity contribution in [3.05, 3.63) is 20.6 Å². The van der Waals surface area contributed by atoms with Gasteiger partial charge in [0.2, 0.25) is 0 Å². The Morgan fingerprint density at radius 2 is 2.19 bits per heavy atom. The summed E-state index contributed by atoms with van der Waals surface area (Å²) < 4.78 is 6.70. The number of benzene rings is 1. The molecule has 1 atom stereocenters. The Bertz CT molecular complexity index is 463. The number of amides is 1. The predicted octanol–water partition coefficient (Wildman–Crippen LogP) is 3.29. The molecule has 1 amide bonds. The highest BCUT2D eigenvalue weighted by Gasteiger charge is 2.23. The molecule has 0 spiro atoms. The molecule has 6 heteroatoms. The maximum Gasteiger partial charge on any atom is 0.411 e. The average molecular weight is 350 g/mol. The van der Waals surface area contributed by atoms with Crippen molar-refractivity contribution < 1.29 is 9.53 Å². The second-order valence-electron chi connectivity index (χ2n) is 3.65. The quantitative estimate of drug-likeness (QED) is 0.706. The number of cyclic esters (lactones) is 1. The average Bonchev–Trinajstić information content (AvgIpc) is 2.33. The molecule has 1 aliphatic heterocycles. The zero-order valence-electron chi connectivity index (χ0n) is 8.51. The Morgan fingerprint density at radius 1 is 1.50 bits per heavy atom. The van der Waals surface area contributed by atoms with Crippen molar-refractivity contribution in [3.8, 4) is 0 Å². The molecule has 4 nitrogen and oxygen atoms in total. The molecule has 86 valence electrons. The minimum absolute atomic E-state index is 0.190. The van der Waals surface area contributed by atoms with Gasteiger partial charge in [-0.2, -0.15) is 0 Å². The zero-order valence-corrected chi connectivity index (χ0v) is 11.7. The smallest absolute Gasteiger partial charge is 0.411 e. The number of nitrogens with one attached hydrogen (secondary N) is 1. The number of anilines is 2. The lowest BCUT2D eigenvalue weighted by Gasteiger charge is -2.13. The summed E-state index contributed by atoms with van der Waals surface area (Å²) in [7, 11) is 0.